The van der Waals surface area contributed by atoms with Crippen LogP contribution >= 0.6 is 0 Å². The van der Waals surface area contributed by atoms with Gasteiger partial charge in [0.1, 0.15) is 5.75 Å². The highest BCUT2D eigenvalue weighted by Crippen LogP contribution is 2.27. The number of aryl methyl sites for hydroxylation is 1. The summed E-state index contributed by atoms with van der Waals surface area (Å²) in [4.78, 5) is 0. The van der Waals surface area contributed by atoms with Crippen molar-refractivity contribution in [3.63, 3.8) is 0 Å². The normalized spacial score (nSPS) is 16.2. The van der Waals surface area contributed by atoms with Gasteiger partial charge >= 0.3 is 0 Å². The molecule has 1 aromatic rings. The lowest BCUT2D eigenvalue weighted by atomic mass is 9.86. The zero-order valence-corrected chi connectivity index (χ0v) is 15.3. The Kier molecular flexibility index (Phi) is 8.06. The van der Waals surface area contributed by atoms with E-state index in [-0.39, 0.29) is 5.75 Å². The molecule has 0 spiro atoms. The molecule has 5 heteroatoms. The highest BCUT2D eigenvalue weighted by Gasteiger charge is 2.12. The molecule has 136 valence electrons. The molecule has 1 aliphatic rings. The van der Waals surface area contributed by atoms with Crippen molar-refractivity contribution in [2.75, 3.05) is 12.4 Å². The van der Waals surface area contributed by atoms with E-state index in [0.29, 0.717) is 6.42 Å². The maximum Gasteiger partial charge on any atom is 0.264 e. The minimum absolute atomic E-state index is 0.158. The minimum Gasteiger partial charge on any atom is -0.494 e. The second-order valence-corrected chi connectivity index (χ2v) is 8.45. The van der Waals surface area contributed by atoms with Crippen LogP contribution in [0, 0.1) is 5.92 Å². The quantitative estimate of drug-likeness (QED) is 0.491. The molecular weight excluding hydrogens is 324 g/mol. The summed E-state index contributed by atoms with van der Waals surface area (Å²) < 4.78 is 35.8. The van der Waals surface area contributed by atoms with Crippen LogP contribution in [-0.2, 0) is 16.5 Å². The largest absolute Gasteiger partial charge is 0.494 e. The molecule has 1 fully saturated rings. The molecule has 24 heavy (non-hydrogen) atoms. The van der Waals surface area contributed by atoms with E-state index in [4.69, 9.17) is 9.29 Å². The number of rotatable bonds is 10. The molecule has 4 nitrogen and oxygen atoms in total. The molecule has 2 rings (SSSR count). The summed E-state index contributed by atoms with van der Waals surface area (Å²) in [6.07, 6.45) is 11.5. The van der Waals surface area contributed by atoms with Crippen LogP contribution in [0.5, 0.6) is 5.75 Å². The van der Waals surface area contributed by atoms with Crippen LogP contribution in [0.2, 0.25) is 0 Å². The lowest BCUT2D eigenvalue weighted by Gasteiger charge is -2.21. The first-order valence-electron chi connectivity index (χ1n) is 9.20. The van der Waals surface area contributed by atoms with Crippen molar-refractivity contribution in [2.24, 2.45) is 5.92 Å². The summed E-state index contributed by atoms with van der Waals surface area (Å²) in [5.41, 5.74) is 1.17. The van der Waals surface area contributed by atoms with Gasteiger partial charge in [-0.15, -0.1) is 0 Å². The molecule has 0 atom stereocenters. The molecule has 1 saturated carbocycles. The number of ether oxygens (including phenoxy) is 1. The Morgan fingerprint density at radius 1 is 1.00 bits per heavy atom. The van der Waals surface area contributed by atoms with Gasteiger partial charge in [0.2, 0.25) is 0 Å². The Morgan fingerprint density at radius 3 is 2.38 bits per heavy atom. The summed E-state index contributed by atoms with van der Waals surface area (Å²) in [5, 5.41) is 0. The Morgan fingerprint density at radius 2 is 1.71 bits per heavy atom. The lowest BCUT2D eigenvalue weighted by Crippen LogP contribution is -2.08. The van der Waals surface area contributed by atoms with Crippen molar-refractivity contribution in [3.8, 4) is 5.75 Å². The fourth-order valence-corrected chi connectivity index (χ4v) is 3.97. The number of hydrogen-bond acceptors (Lipinski definition) is 3. The van der Waals surface area contributed by atoms with E-state index >= 15 is 0 Å². The van der Waals surface area contributed by atoms with E-state index in [1.807, 2.05) is 24.3 Å². The van der Waals surface area contributed by atoms with Crippen LogP contribution in [0.15, 0.2) is 24.3 Å². The molecule has 0 amide bonds. The number of hydrogen-bond donors (Lipinski definition) is 1. The number of unbranched alkanes of at least 4 members (excludes halogenated alkanes) is 1. The number of benzene rings is 1. The van der Waals surface area contributed by atoms with Crippen LogP contribution in [0.4, 0.5) is 0 Å². The highest BCUT2D eigenvalue weighted by atomic mass is 32.2. The van der Waals surface area contributed by atoms with Gasteiger partial charge in [-0.1, -0.05) is 44.2 Å². The standard InChI is InChI=1S/C19H30O4S/c20-24(21,22)16-5-4-9-18-11-13-19(14-12-18)23-15-6-10-17-7-2-1-3-8-17/h11-14,17H,1-10,15-16H2,(H,20,21,22). The van der Waals surface area contributed by atoms with Crippen LogP contribution in [-0.4, -0.2) is 25.3 Å². The maximum atomic E-state index is 10.7. The van der Waals surface area contributed by atoms with Gasteiger partial charge in [-0.2, -0.15) is 8.42 Å². The zero-order valence-electron chi connectivity index (χ0n) is 14.5. The third-order valence-electron chi connectivity index (χ3n) is 4.79. The van der Waals surface area contributed by atoms with Gasteiger partial charge in [0, 0.05) is 0 Å². The Balaban J connectivity index is 1.59. The monoisotopic (exact) mass is 354 g/mol. The first kappa shape index (κ1) is 19.3. The van der Waals surface area contributed by atoms with E-state index < -0.39 is 10.1 Å². The molecule has 0 aliphatic heterocycles. The molecule has 0 saturated heterocycles. The van der Waals surface area contributed by atoms with Gasteiger partial charge in [-0.25, -0.2) is 0 Å². The second-order valence-electron chi connectivity index (χ2n) is 6.88. The Labute approximate surface area is 146 Å². The van der Waals surface area contributed by atoms with Gasteiger partial charge in [-0.3, -0.25) is 4.55 Å². The fraction of sp³-hybridized carbons (Fsp3) is 0.684. The summed E-state index contributed by atoms with van der Waals surface area (Å²) in [7, 11) is -3.83. The summed E-state index contributed by atoms with van der Waals surface area (Å²) in [5.74, 6) is 1.66. The van der Waals surface area contributed by atoms with E-state index in [1.165, 1.54) is 44.1 Å². The molecule has 0 radical (unpaired) electrons. The molecule has 0 bridgehead atoms. The van der Waals surface area contributed by atoms with Gasteiger partial charge in [0.25, 0.3) is 10.1 Å². The van der Waals surface area contributed by atoms with Crippen LogP contribution in [0.25, 0.3) is 0 Å². The third-order valence-corrected chi connectivity index (χ3v) is 5.60. The Bertz CT molecular complexity index is 560. The van der Waals surface area contributed by atoms with Gasteiger partial charge in [0.05, 0.1) is 12.4 Å². The Hall–Kier alpha value is -1.07. The van der Waals surface area contributed by atoms with Gasteiger partial charge < -0.3 is 4.74 Å². The van der Waals surface area contributed by atoms with Crippen molar-refractivity contribution in [1.82, 2.24) is 0 Å². The first-order valence-corrected chi connectivity index (χ1v) is 10.8. The zero-order chi connectivity index (χ0) is 17.3. The van der Waals surface area contributed by atoms with Crippen molar-refractivity contribution in [1.29, 1.82) is 0 Å². The molecule has 1 aromatic carbocycles. The van der Waals surface area contributed by atoms with Gasteiger partial charge in [-0.05, 0) is 55.7 Å². The van der Waals surface area contributed by atoms with Crippen LogP contribution < -0.4 is 4.74 Å². The first-order chi connectivity index (χ1) is 11.5. The molecule has 0 heterocycles. The van der Waals surface area contributed by atoms with E-state index in [0.717, 1.165) is 37.5 Å². The van der Waals surface area contributed by atoms with Crippen molar-refractivity contribution >= 4 is 10.1 Å². The predicted molar refractivity (Wildman–Crippen MR) is 97.1 cm³/mol. The third kappa shape index (κ3) is 8.15. The highest BCUT2D eigenvalue weighted by molar-refractivity contribution is 7.85. The summed E-state index contributed by atoms with van der Waals surface area (Å²) in [6.45, 7) is 0.782. The smallest absolute Gasteiger partial charge is 0.264 e. The van der Waals surface area contributed by atoms with E-state index in [2.05, 4.69) is 0 Å². The minimum atomic E-state index is -3.83. The summed E-state index contributed by atoms with van der Waals surface area (Å²) >= 11 is 0. The van der Waals surface area contributed by atoms with Gasteiger partial charge in [0.15, 0.2) is 0 Å². The molecule has 1 N–H and O–H groups in total. The van der Waals surface area contributed by atoms with Crippen molar-refractivity contribution in [2.45, 2.75) is 64.2 Å². The molecule has 0 aromatic heterocycles. The van der Waals surface area contributed by atoms with Crippen LogP contribution in [0.1, 0.15) is 63.4 Å². The topological polar surface area (TPSA) is 63.6 Å². The van der Waals surface area contributed by atoms with Crippen molar-refractivity contribution in [3.05, 3.63) is 29.8 Å². The average Bonchev–Trinajstić information content (AvgIpc) is 2.57. The lowest BCUT2D eigenvalue weighted by molar-refractivity contribution is 0.269. The average molecular weight is 355 g/mol. The predicted octanol–water partition coefficient (Wildman–Crippen LogP) is 4.64. The van der Waals surface area contributed by atoms with Crippen LogP contribution in [0.3, 0.4) is 0 Å². The van der Waals surface area contributed by atoms with E-state index in [1.54, 1.807) is 0 Å². The molecule has 1 aliphatic carbocycles. The SMILES string of the molecule is O=S(=O)(O)CCCCc1ccc(OCCCC2CCCCC2)cc1. The van der Waals surface area contributed by atoms with Crippen molar-refractivity contribution < 1.29 is 17.7 Å². The maximum absolute atomic E-state index is 10.7. The molecular formula is C19H30O4S. The van der Waals surface area contributed by atoms with E-state index in [9.17, 15) is 8.42 Å². The fourth-order valence-electron chi connectivity index (χ4n) is 3.40. The summed E-state index contributed by atoms with van der Waals surface area (Å²) in [6, 6.07) is 8.03. The second kappa shape index (κ2) is 10.0. The molecule has 0 unspecified atom stereocenters.